The maximum absolute atomic E-state index is 12.7. The van der Waals surface area contributed by atoms with Gasteiger partial charge in [-0.1, -0.05) is 30.3 Å². The summed E-state index contributed by atoms with van der Waals surface area (Å²) >= 11 is 0. The number of benzene rings is 2. The largest absolute Gasteiger partial charge is 0.388 e. The molecule has 2 aromatic carbocycles. The molecule has 1 aliphatic heterocycles. The predicted molar refractivity (Wildman–Crippen MR) is 93.9 cm³/mol. The average Bonchev–Trinajstić information content (AvgIpc) is 2.89. The van der Waals surface area contributed by atoms with Crippen LogP contribution in [-0.2, 0) is 6.54 Å². The Bertz CT molecular complexity index is 728. The number of hydrogen-bond acceptors (Lipinski definition) is 3. The van der Waals surface area contributed by atoms with Crippen molar-refractivity contribution in [3.8, 4) is 0 Å². The van der Waals surface area contributed by atoms with Gasteiger partial charge in [0.2, 0.25) is 0 Å². The third kappa shape index (κ3) is 3.11. The molecule has 1 unspecified atom stereocenters. The van der Waals surface area contributed by atoms with E-state index in [0.717, 1.165) is 11.3 Å². The molecule has 5 nitrogen and oxygen atoms in total. The van der Waals surface area contributed by atoms with Gasteiger partial charge in [-0.15, -0.1) is 0 Å². The van der Waals surface area contributed by atoms with E-state index < -0.39 is 0 Å². The second-order valence-electron chi connectivity index (χ2n) is 6.00. The summed E-state index contributed by atoms with van der Waals surface area (Å²) in [5, 5.41) is 3.07. The molecule has 3 amide bonds. The van der Waals surface area contributed by atoms with Gasteiger partial charge in [-0.25, -0.2) is 4.79 Å². The molecule has 2 aromatic rings. The first-order chi connectivity index (χ1) is 11.6. The predicted octanol–water partition coefficient (Wildman–Crippen LogP) is 3.19. The fourth-order valence-corrected chi connectivity index (χ4v) is 2.96. The minimum Gasteiger partial charge on any atom is -0.388 e. The molecule has 0 bridgehead atoms. The number of hydrogen-bond donors (Lipinski definition) is 1. The summed E-state index contributed by atoms with van der Waals surface area (Å²) in [6.07, 6.45) is 0. The van der Waals surface area contributed by atoms with Crippen molar-refractivity contribution in [2.75, 3.05) is 18.9 Å². The zero-order chi connectivity index (χ0) is 17.1. The third-order valence-electron chi connectivity index (χ3n) is 4.26. The Morgan fingerprint density at radius 1 is 1.12 bits per heavy atom. The van der Waals surface area contributed by atoms with Gasteiger partial charge in [-0.3, -0.25) is 9.69 Å². The van der Waals surface area contributed by atoms with E-state index in [1.807, 2.05) is 44.3 Å². The minimum absolute atomic E-state index is 0.137. The molecule has 1 aliphatic rings. The van der Waals surface area contributed by atoms with Crippen molar-refractivity contribution < 1.29 is 9.59 Å². The van der Waals surface area contributed by atoms with Crippen molar-refractivity contribution in [1.82, 2.24) is 9.80 Å². The van der Waals surface area contributed by atoms with Gasteiger partial charge >= 0.3 is 6.03 Å². The first-order valence-electron chi connectivity index (χ1n) is 8.04. The van der Waals surface area contributed by atoms with Crippen molar-refractivity contribution >= 4 is 17.6 Å². The number of amides is 3. The van der Waals surface area contributed by atoms with E-state index in [0.29, 0.717) is 18.7 Å². The Morgan fingerprint density at radius 2 is 1.79 bits per heavy atom. The summed E-state index contributed by atoms with van der Waals surface area (Å²) < 4.78 is 0. The number of carbonyl (C=O) groups is 2. The summed E-state index contributed by atoms with van der Waals surface area (Å²) in [5.74, 6) is -0.235. The molecular weight excluding hydrogens is 302 g/mol. The molecular formula is C19H21N3O2. The van der Waals surface area contributed by atoms with Crippen molar-refractivity contribution in [3.05, 3.63) is 65.7 Å². The second kappa shape index (κ2) is 6.74. The van der Waals surface area contributed by atoms with Crippen molar-refractivity contribution in [2.45, 2.75) is 19.5 Å². The Balaban J connectivity index is 1.73. The highest BCUT2D eigenvalue weighted by Gasteiger charge is 2.38. The molecule has 0 saturated carbocycles. The van der Waals surface area contributed by atoms with Crippen LogP contribution in [0.4, 0.5) is 10.5 Å². The number of urea groups is 1. The van der Waals surface area contributed by atoms with E-state index in [-0.39, 0.29) is 18.0 Å². The Labute approximate surface area is 141 Å². The molecule has 1 N–H and O–H groups in total. The highest BCUT2D eigenvalue weighted by atomic mass is 16.2. The van der Waals surface area contributed by atoms with E-state index >= 15 is 0 Å². The van der Waals surface area contributed by atoms with Crippen LogP contribution in [0.25, 0.3) is 0 Å². The Hall–Kier alpha value is -2.82. The highest BCUT2D eigenvalue weighted by molar-refractivity contribution is 6.05. The zero-order valence-electron chi connectivity index (χ0n) is 13.9. The minimum atomic E-state index is -0.235. The van der Waals surface area contributed by atoms with Gasteiger partial charge in [0.1, 0.15) is 0 Å². The maximum Gasteiger partial charge on any atom is 0.327 e. The fourth-order valence-electron chi connectivity index (χ4n) is 2.96. The SMILES string of the molecule is CNc1ccc(CN2CC(C)N(C(=O)c3ccccc3)C2=O)cc1. The molecule has 1 saturated heterocycles. The molecule has 1 heterocycles. The van der Waals surface area contributed by atoms with Crippen LogP contribution in [-0.4, -0.2) is 41.4 Å². The molecule has 0 spiro atoms. The maximum atomic E-state index is 12.7. The first-order valence-corrected chi connectivity index (χ1v) is 8.04. The van der Waals surface area contributed by atoms with Gasteiger partial charge in [-0.05, 0) is 36.8 Å². The van der Waals surface area contributed by atoms with Gasteiger partial charge in [0.25, 0.3) is 5.91 Å². The molecule has 1 fully saturated rings. The molecule has 1 atom stereocenters. The number of nitrogens with zero attached hydrogens (tertiary/aromatic N) is 2. The van der Waals surface area contributed by atoms with Crippen LogP contribution in [0, 0.1) is 0 Å². The van der Waals surface area contributed by atoms with Crippen molar-refractivity contribution in [3.63, 3.8) is 0 Å². The molecule has 0 aromatic heterocycles. The van der Waals surface area contributed by atoms with Crippen LogP contribution in [0.1, 0.15) is 22.8 Å². The zero-order valence-corrected chi connectivity index (χ0v) is 13.9. The second-order valence-corrected chi connectivity index (χ2v) is 6.00. The summed E-state index contributed by atoms with van der Waals surface area (Å²) in [7, 11) is 1.87. The molecule has 0 radical (unpaired) electrons. The van der Waals surface area contributed by atoms with Crippen molar-refractivity contribution in [2.24, 2.45) is 0 Å². The van der Waals surface area contributed by atoms with Crippen LogP contribution in [0.15, 0.2) is 54.6 Å². The normalized spacial score (nSPS) is 17.2. The summed E-state index contributed by atoms with van der Waals surface area (Å²) in [4.78, 5) is 28.4. The number of nitrogens with one attached hydrogen (secondary N) is 1. The van der Waals surface area contributed by atoms with E-state index in [2.05, 4.69) is 5.32 Å². The lowest BCUT2D eigenvalue weighted by Gasteiger charge is -2.19. The van der Waals surface area contributed by atoms with E-state index in [1.165, 1.54) is 4.90 Å². The van der Waals surface area contributed by atoms with Gasteiger partial charge in [0, 0.05) is 31.4 Å². The smallest absolute Gasteiger partial charge is 0.327 e. The van der Waals surface area contributed by atoms with Crippen LogP contribution in [0.3, 0.4) is 0 Å². The van der Waals surface area contributed by atoms with Gasteiger partial charge in [0.05, 0.1) is 6.04 Å². The lowest BCUT2D eigenvalue weighted by atomic mass is 10.2. The fraction of sp³-hybridized carbons (Fsp3) is 0.263. The number of imide groups is 1. The monoisotopic (exact) mass is 323 g/mol. The quantitative estimate of drug-likeness (QED) is 0.940. The topological polar surface area (TPSA) is 52.6 Å². The molecule has 0 aliphatic carbocycles. The van der Waals surface area contributed by atoms with Crippen LogP contribution >= 0.6 is 0 Å². The lowest BCUT2D eigenvalue weighted by Crippen LogP contribution is -2.39. The van der Waals surface area contributed by atoms with Gasteiger partial charge < -0.3 is 10.2 Å². The van der Waals surface area contributed by atoms with Crippen molar-refractivity contribution in [1.29, 1.82) is 0 Å². The molecule has 124 valence electrons. The summed E-state index contributed by atoms with van der Waals surface area (Å²) in [5.41, 5.74) is 2.61. The summed E-state index contributed by atoms with van der Waals surface area (Å²) in [6, 6.07) is 16.5. The molecule has 3 rings (SSSR count). The molecule has 24 heavy (non-hydrogen) atoms. The average molecular weight is 323 g/mol. The van der Waals surface area contributed by atoms with Crippen LogP contribution < -0.4 is 5.32 Å². The number of carbonyl (C=O) groups excluding carboxylic acids is 2. The van der Waals surface area contributed by atoms with Crippen LogP contribution in [0.2, 0.25) is 0 Å². The van der Waals surface area contributed by atoms with Gasteiger partial charge in [-0.2, -0.15) is 0 Å². The van der Waals surface area contributed by atoms with E-state index in [1.54, 1.807) is 29.2 Å². The van der Waals surface area contributed by atoms with Crippen LogP contribution in [0.5, 0.6) is 0 Å². The highest BCUT2D eigenvalue weighted by Crippen LogP contribution is 2.21. The standard InChI is InChI=1S/C19H21N3O2/c1-14-12-21(13-15-8-10-17(20-2)11-9-15)19(24)22(14)18(23)16-6-4-3-5-7-16/h3-11,14,20H,12-13H2,1-2H3. The summed E-state index contributed by atoms with van der Waals surface area (Å²) in [6.45, 7) is 2.96. The van der Waals surface area contributed by atoms with E-state index in [4.69, 9.17) is 0 Å². The first kappa shape index (κ1) is 16.1. The lowest BCUT2D eigenvalue weighted by molar-refractivity contribution is 0.0789. The number of anilines is 1. The van der Waals surface area contributed by atoms with Gasteiger partial charge in [0.15, 0.2) is 0 Å². The van der Waals surface area contributed by atoms with E-state index in [9.17, 15) is 9.59 Å². The Kier molecular flexibility index (Phi) is 4.51. The Morgan fingerprint density at radius 3 is 2.42 bits per heavy atom. The molecule has 5 heteroatoms. The number of rotatable bonds is 4. The third-order valence-corrected chi connectivity index (χ3v) is 4.26.